The van der Waals surface area contributed by atoms with Crippen molar-refractivity contribution >= 4 is 23.2 Å². The number of unbranched alkanes of at least 4 members (excludes halogenated alkanes) is 1. The Morgan fingerprint density at radius 2 is 2.28 bits per heavy atom. The van der Waals surface area contributed by atoms with E-state index in [0.717, 1.165) is 24.3 Å². The normalized spacial score (nSPS) is 18.1. The smallest absolute Gasteiger partial charge is 0.224 e. The number of halogens is 1. The summed E-state index contributed by atoms with van der Waals surface area (Å²) in [5.41, 5.74) is 2.07. The maximum atomic E-state index is 11.5. The second-order valence-corrected chi connectivity index (χ2v) is 5.02. The Hall–Kier alpha value is -1.22. The van der Waals surface area contributed by atoms with Gasteiger partial charge in [0.2, 0.25) is 5.91 Å². The number of carbonyl (C=O) groups is 1. The Morgan fingerprint density at radius 1 is 1.44 bits per heavy atom. The van der Waals surface area contributed by atoms with E-state index in [1.807, 2.05) is 18.2 Å². The first-order valence-corrected chi connectivity index (χ1v) is 6.86. The predicted octanol–water partition coefficient (Wildman–Crippen LogP) is 3.53. The van der Waals surface area contributed by atoms with Crippen molar-refractivity contribution in [1.82, 2.24) is 0 Å². The molecule has 0 radical (unpaired) electrons. The SMILES string of the molecule is CC1CC(=O)Nc2cc(OCCCCCl)ccc21. The predicted molar refractivity (Wildman–Crippen MR) is 73.6 cm³/mol. The zero-order valence-corrected chi connectivity index (χ0v) is 11.3. The number of fused-ring (bicyclic) bond motifs is 1. The molecule has 0 aliphatic carbocycles. The molecule has 4 heteroatoms. The van der Waals surface area contributed by atoms with Crippen molar-refractivity contribution in [2.75, 3.05) is 17.8 Å². The Labute approximate surface area is 112 Å². The summed E-state index contributed by atoms with van der Waals surface area (Å²) in [7, 11) is 0. The number of amides is 1. The summed E-state index contributed by atoms with van der Waals surface area (Å²) in [6.07, 6.45) is 2.46. The van der Waals surface area contributed by atoms with Crippen LogP contribution in [0.2, 0.25) is 0 Å². The van der Waals surface area contributed by atoms with Gasteiger partial charge in [0.1, 0.15) is 5.75 Å². The van der Waals surface area contributed by atoms with Crippen LogP contribution in [0.4, 0.5) is 5.69 Å². The largest absolute Gasteiger partial charge is 0.494 e. The highest BCUT2D eigenvalue weighted by atomic mass is 35.5. The van der Waals surface area contributed by atoms with E-state index in [2.05, 4.69) is 12.2 Å². The molecule has 0 bridgehead atoms. The molecular weight excluding hydrogens is 250 g/mol. The molecule has 1 aromatic rings. The van der Waals surface area contributed by atoms with Gasteiger partial charge in [0, 0.05) is 24.1 Å². The van der Waals surface area contributed by atoms with E-state index < -0.39 is 0 Å². The molecule has 0 fully saturated rings. The van der Waals surface area contributed by atoms with E-state index in [-0.39, 0.29) is 11.8 Å². The lowest BCUT2D eigenvalue weighted by molar-refractivity contribution is -0.116. The fourth-order valence-corrected chi connectivity index (χ4v) is 2.33. The van der Waals surface area contributed by atoms with Gasteiger partial charge in [-0.3, -0.25) is 4.79 Å². The first-order chi connectivity index (χ1) is 8.70. The van der Waals surface area contributed by atoms with Crippen LogP contribution in [0, 0.1) is 0 Å². The van der Waals surface area contributed by atoms with Gasteiger partial charge in [-0.25, -0.2) is 0 Å². The molecule has 1 aliphatic rings. The molecule has 98 valence electrons. The molecule has 1 amide bonds. The molecule has 0 aromatic heterocycles. The van der Waals surface area contributed by atoms with E-state index in [1.165, 1.54) is 5.56 Å². The number of rotatable bonds is 5. The average molecular weight is 268 g/mol. The molecule has 1 aromatic carbocycles. The summed E-state index contributed by atoms with van der Waals surface area (Å²) in [5, 5.41) is 2.89. The maximum Gasteiger partial charge on any atom is 0.224 e. The highest BCUT2D eigenvalue weighted by molar-refractivity contribution is 6.17. The Morgan fingerprint density at radius 3 is 3.06 bits per heavy atom. The molecule has 18 heavy (non-hydrogen) atoms. The van der Waals surface area contributed by atoms with Crippen LogP contribution in [0.25, 0.3) is 0 Å². The number of ether oxygens (including phenoxy) is 1. The van der Waals surface area contributed by atoms with Crippen molar-refractivity contribution in [2.24, 2.45) is 0 Å². The average Bonchev–Trinajstić information content (AvgIpc) is 2.34. The minimum absolute atomic E-state index is 0.0780. The van der Waals surface area contributed by atoms with Gasteiger partial charge in [-0.15, -0.1) is 11.6 Å². The van der Waals surface area contributed by atoms with Crippen LogP contribution in [0.1, 0.15) is 37.7 Å². The minimum Gasteiger partial charge on any atom is -0.494 e. The third-order valence-corrected chi connectivity index (χ3v) is 3.39. The highest BCUT2D eigenvalue weighted by Gasteiger charge is 2.21. The van der Waals surface area contributed by atoms with E-state index in [0.29, 0.717) is 18.9 Å². The van der Waals surface area contributed by atoms with Crippen molar-refractivity contribution < 1.29 is 9.53 Å². The summed E-state index contributed by atoms with van der Waals surface area (Å²) in [6.45, 7) is 2.73. The Balaban J connectivity index is 2.02. The minimum atomic E-state index is 0.0780. The van der Waals surface area contributed by atoms with E-state index in [9.17, 15) is 4.79 Å². The third-order valence-electron chi connectivity index (χ3n) is 3.12. The number of hydrogen-bond acceptors (Lipinski definition) is 2. The van der Waals surface area contributed by atoms with Crippen LogP contribution in [0.5, 0.6) is 5.75 Å². The molecule has 0 spiro atoms. The second-order valence-electron chi connectivity index (χ2n) is 4.65. The van der Waals surface area contributed by atoms with Crippen LogP contribution < -0.4 is 10.1 Å². The molecule has 1 atom stereocenters. The number of hydrogen-bond donors (Lipinski definition) is 1. The Bertz CT molecular complexity index is 434. The van der Waals surface area contributed by atoms with E-state index >= 15 is 0 Å². The van der Waals surface area contributed by atoms with Crippen LogP contribution in [0.15, 0.2) is 18.2 Å². The van der Waals surface area contributed by atoms with Crippen molar-refractivity contribution in [2.45, 2.75) is 32.1 Å². The van der Waals surface area contributed by atoms with Gasteiger partial charge in [0.25, 0.3) is 0 Å². The summed E-state index contributed by atoms with van der Waals surface area (Å²) in [4.78, 5) is 11.5. The standard InChI is InChI=1S/C14H18ClNO2/c1-10-8-14(17)16-13-9-11(4-5-12(10)13)18-7-3-2-6-15/h4-5,9-10H,2-3,6-8H2,1H3,(H,16,17). The van der Waals surface area contributed by atoms with Crippen LogP contribution in [0.3, 0.4) is 0 Å². The van der Waals surface area contributed by atoms with Gasteiger partial charge in [-0.1, -0.05) is 13.0 Å². The first kappa shape index (κ1) is 13.2. The highest BCUT2D eigenvalue weighted by Crippen LogP contribution is 2.34. The molecule has 3 nitrogen and oxygen atoms in total. The van der Waals surface area contributed by atoms with E-state index in [1.54, 1.807) is 0 Å². The first-order valence-electron chi connectivity index (χ1n) is 6.33. The van der Waals surface area contributed by atoms with Crippen molar-refractivity contribution in [3.05, 3.63) is 23.8 Å². The number of benzene rings is 1. The summed E-state index contributed by atoms with van der Waals surface area (Å²) in [5.74, 6) is 1.83. The maximum absolute atomic E-state index is 11.5. The van der Waals surface area contributed by atoms with Gasteiger partial charge in [-0.05, 0) is 30.4 Å². The van der Waals surface area contributed by atoms with E-state index in [4.69, 9.17) is 16.3 Å². The van der Waals surface area contributed by atoms with Gasteiger partial charge < -0.3 is 10.1 Å². The van der Waals surface area contributed by atoms with Gasteiger partial charge in [-0.2, -0.15) is 0 Å². The number of carbonyl (C=O) groups excluding carboxylic acids is 1. The van der Waals surface area contributed by atoms with Gasteiger partial charge in [0.05, 0.1) is 6.61 Å². The summed E-state index contributed by atoms with van der Waals surface area (Å²) >= 11 is 5.61. The molecule has 1 aliphatic heterocycles. The van der Waals surface area contributed by atoms with Crippen LogP contribution >= 0.6 is 11.6 Å². The topological polar surface area (TPSA) is 38.3 Å². The fraction of sp³-hybridized carbons (Fsp3) is 0.500. The zero-order valence-electron chi connectivity index (χ0n) is 10.5. The lowest BCUT2D eigenvalue weighted by atomic mass is 9.92. The molecular formula is C14H18ClNO2. The van der Waals surface area contributed by atoms with Crippen molar-refractivity contribution in [3.63, 3.8) is 0 Å². The molecule has 2 rings (SSSR count). The monoisotopic (exact) mass is 267 g/mol. The van der Waals surface area contributed by atoms with Crippen molar-refractivity contribution in [1.29, 1.82) is 0 Å². The molecule has 0 saturated heterocycles. The molecule has 1 unspecified atom stereocenters. The molecule has 1 heterocycles. The molecule has 0 saturated carbocycles. The summed E-state index contributed by atoms with van der Waals surface area (Å²) < 4.78 is 5.63. The van der Waals surface area contributed by atoms with Gasteiger partial charge in [0.15, 0.2) is 0 Å². The van der Waals surface area contributed by atoms with Gasteiger partial charge >= 0.3 is 0 Å². The summed E-state index contributed by atoms with van der Waals surface area (Å²) in [6, 6.07) is 5.91. The number of alkyl halides is 1. The van der Waals surface area contributed by atoms with Crippen molar-refractivity contribution in [3.8, 4) is 5.75 Å². The fourth-order valence-electron chi connectivity index (χ4n) is 2.14. The zero-order chi connectivity index (χ0) is 13.0. The quantitative estimate of drug-likeness (QED) is 0.655. The lowest BCUT2D eigenvalue weighted by Crippen LogP contribution is -2.21. The second kappa shape index (κ2) is 6.10. The Kier molecular flexibility index (Phi) is 4.48. The number of nitrogens with one attached hydrogen (secondary N) is 1. The number of anilines is 1. The lowest BCUT2D eigenvalue weighted by Gasteiger charge is -2.23. The third kappa shape index (κ3) is 3.16. The van der Waals surface area contributed by atoms with Crippen LogP contribution in [-0.2, 0) is 4.79 Å². The molecule has 1 N–H and O–H groups in total. The van der Waals surface area contributed by atoms with Crippen LogP contribution in [-0.4, -0.2) is 18.4 Å².